The summed E-state index contributed by atoms with van der Waals surface area (Å²) in [5.41, 5.74) is 1.99. The molecule has 0 bridgehead atoms. The van der Waals surface area contributed by atoms with Gasteiger partial charge in [0.15, 0.2) is 0 Å². The Kier molecular flexibility index (Phi) is 5.86. The van der Waals surface area contributed by atoms with Crippen molar-refractivity contribution in [3.05, 3.63) is 53.7 Å². The van der Waals surface area contributed by atoms with Gasteiger partial charge in [0.2, 0.25) is 0 Å². The first-order valence-corrected chi connectivity index (χ1v) is 8.75. The van der Waals surface area contributed by atoms with E-state index in [1.54, 1.807) is 13.3 Å². The highest BCUT2D eigenvalue weighted by atomic mass is 16.5. The molecular weight excluding hydrogens is 312 g/mol. The topological polar surface area (TPSA) is 52.4 Å². The van der Waals surface area contributed by atoms with E-state index in [-0.39, 0.29) is 0 Å². The minimum absolute atomic E-state index is 0.661. The van der Waals surface area contributed by atoms with E-state index in [0.717, 1.165) is 57.1 Å². The number of nitrogens with zero attached hydrogens (tertiary/aromatic N) is 4. The lowest BCUT2D eigenvalue weighted by molar-refractivity contribution is 0.297. The lowest BCUT2D eigenvalue weighted by Gasteiger charge is -2.23. The summed E-state index contributed by atoms with van der Waals surface area (Å²) in [7, 11) is 1.69. The molecule has 0 aliphatic carbocycles. The van der Waals surface area contributed by atoms with Crippen LogP contribution in [0.25, 0.3) is 0 Å². The van der Waals surface area contributed by atoms with Gasteiger partial charge >= 0.3 is 0 Å². The minimum Gasteiger partial charge on any atom is -0.497 e. The monoisotopic (exact) mass is 336 g/mol. The fourth-order valence-electron chi connectivity index (χ4n) is 3.22. The summed E-state index contributed by atoms with van der Waals surface area (Å²) in [6.45, 7) is 4.99. The van der Waals surface area contributed by atoms with Crippen LogP contribution < -0.4 is 9.64 Å². The first-order chi connectivity index (χ1) is 12.3. The van der Waals surface area contributed by atoms with E-state index in [0.29, 0.717) is 5.56 Å². The molecule has 2 aromatic rings. The second-order valence-electron chi connectivity index (χ2n) is 6.27. The molecule has 1 aromatic heterocycles. The Labute approximate surface area is 149 Å². The van der Waals surface area contributed by atoms with Crippen LogP contribution in [0.15, 0.2) is 42.6 Å². The van der Waals surface area contributed by atoms with Crippen LogP contribution in [0.3, 0.4) is 0 Å². The third kappa shape index (κ3) is 4.49. The van der Waals surface area contributed by atoms with Gasteiger partial charge in [0.05, 0.1) is 12.7 Å². The quantitative estimate of drug-likeness (QED) is 0.840. The lowest BCUT2D eigenvalue weighted by atomic mass is 10.1. The molecular formula is C20H24N4O. The van der Waals surface area contributed by atoms with E-state index in [1.165, 1.54) is 5.56 Å². The van der Waals surface area contributed by atoms with E-state index in [9.17, 15) is 5.26 Å². The van der Waals surface area contributed by atoms with E-state index >= 15 is 0 Å². The number of hydrogen-bond acceptors (Lipinski definition) is 5. The van der Waals surface area contributed by atoms with Gasteiger partial charge in [-0.1, -0.05) is 12.1 Å². The Morgan fingerprint density at radius 2 is 1.96 bits per heavy atom. The summed E-state index contributed by atoms with van der Waals surface area (Å²) in [6, 6.07) is 14.2. The van der Waals surface area contributed by atoms with Crippen molar-refractivity contribution < 1.29 is 4.74 Å². The zero-order valence-corrected chi connectivity index (χ0v) is 14.7. The second-order valence-corrected chi connectivity index (χ2v) is 6.27. The molecule has 0 spiro atoms. The van der Waals surface area contributed by atoms with Gasteiger partial charge in [-0.2, -0.15) is 5.26 Å². The Hall–Kier alpha value is -2.58. The fourth-order valence-corrected chi connectivity index (χ4v) is 3.22. The van der Waals surface area contributed by atoms with Gasteiger partial charge in [-0.05, 0) is 49.2 Å². The number of methoxy groups -OCH3 is 1. The van der Waals surface area contributed by atoms with E-state index in [4.69, 9.17) is 4.74 Å². The van der Waals surface area contributed by atoms with E-state index < -0.39 is 0 Å². The summed E-state index contributed by atoms with van der Waals surface area (Å²) in [5.74, 6) is 1.72. The third-order valence-electron chi connectivity index (χ3n) is 4.67. The van der Waals surface area contributed by atoms with Crippen molar-refractivity contribution in [2.75, 3.05) is 44.7 Å². The zero-order valence-electron chi connectivity index (χ0n) is 14.7. The predicted octanol–water partition coefficient (Wildman–Crippen LogP) is 2.72. The number of anilines is 1. The number of aromatic nitrogens is 1. The maximum atomic E-state index is 9.28. The van der Waals surface area contributed by atoms with Gasteiger partial charge < -0.3 is 14.5 Å². The highest BCUT2D eigenvalue weighted by Gasteiger charge is 2.18. The standard InChI is InChI=1S/C20H24N4O/c1-25-19-7-5-17(6-8-19)9-13-23-11-3-12-24(15-14-23)20-18(16-21)4-2-10-22-20/h2,4-8,10H,3,9,11-15H2,1H3. The number of benzene rings is 1. The molecule has 0 N–H and O–H groups in total. The normalized spacial score (nSPS) is 15.4. The molecule has 5 nitrogen and oxygen atoms in total. The SMILES string of the molecule is COc1ccc(CCN2CCCN(c3ncccc3C#N)CC2)cc1. The van der Waals surface area contributed by atoms with Crippen LogP contribution in [0.2, 0.25) is 0 Å². The van der Waals surface area contributed by atoms with Crippen LogP contribution in [0.4, 0.5) is 5.82 Å². The lowest BCUT2D eigenvalue weighted by Crippen LogP contribution is -2.32. The molecule has 1 aliphatic rings. The number of ether oxygens (including phenoxy) is 1. The van der Waals surface area contributed by atoms with Gasteiger partial charge in [0.25, 0.3) is 0 Å². The summed E-state index contributed by atoms with van der Waals surface area (Å²) in [6.07, 6.45) is 3.89. The Bertz CT molecular complexity index is 723. The molecule has 3 rings (SSSR count). The fraction of sp³-hybridized carbons (Fsp3) is 0.400. The molecule has 130 valence electrons. The molecule has 5 heteroatoms. The summed E-state index contributed by atoms with van der Waals surface area (Å²) < 4.78 is 5.21. The zero-order chi connectivity index (χ0) is 17.5. The van der Waals surface area contributed by atoms with Crippen molar-refractivity contribution in [3.63, 3.8) is 0 Å². The van der Waals surface area contributed by atoms with Crippen molar-refractivity contribution >= 4 is 5.82 Å². The molecule has 2 heterocycles. The van der Waals surface area contributed by atoms with Crippen molar-refractivity contribution in [2.45, 2.75) is 12.8 Å². The van der Waals surface area contributed by atoms with E-state index in [1.807, 2.05) is 24.3 Å². The van der Waals surface area contributed by atoms with Crippen LogP contribution in [0, 0.1) is 11.3 Å². The minimum atomic E-state index is 0.661. The maximum absolute atomic E-state index is 9.28. The highest BCUT2D eigenvalue weighted by Crippen LogP contribution is 2.18. The first kappa shape index (κ1) is 17.2. The highest BCUT2D eigenvalue weighted by molar-refractivity contribution is 5.53. The van der Waals surface area contributed by atoms with Gasteiger partial charge in [-0.15, -0.1) is 0 Å². The third-order valence-corrected chi connectivity index (χ3v) is 4.67. The predicted molar refractivity (Wildman–Crippen MR) is 98.9 cm³/mol. The van der Waals surface area contributed by atoms with Gasteiger partial charge in [-0.25, -0.2) is 4.98 Å². The van der Waals surface area contributed by atoms with E-state index in [2.05, 4.69) is 33.0 Å². The maximum Gasteiger partial charge on any atom is 0.146 e. The number of pyridine rings is 1. The molecule has 0 atom stereocenters. The largest absolute Gasteiger partial charge is 0.497 e. The van der Waals surface area contributed by atoms with Crippen LogP contribution >= 0.6 is 0 Å². The number of hydrogen-bond donors (Lipinski definition) is 0. The second kappa shape index (κ2) is 8.50. The van der Waals surface area contributed by atoms with Crippen molar-refractivity contribution in [2.24, 2.45) is 0 Å². The van der Waals surface area contributed by atoms with Crippen molar-refractivity contribution in [1.82, 2.24) is 9.88 Å². The van der Waals surface area contributed by atoms with Gasteiger partial charge in [0, 0.05) is 32.4 Å². The molecule has 0 unspecified atom stereocenters. The Morgan fingerprint density at radius 3 is 2.72 bits per heavy atom. The van der Waals surface area contributed by atoms with Gasteiger partial charge in [0.1, 0.15) is 17.6 Å². The Balaban J connectivity index is 1.55. The van der Waals surface area contributed by atoms with Crippen LogP contribution in [-0.4, -0.2) is 49.7 Å². The molecule has 0 saturated carbocycles. The average Bonchev–Trinajstić information content (AvgIpc) is 2.92. The molecule has 1 aromatic carbocycles. The molecule has 0 amide bonds. The summed E-state index contributed by atoms with van der Waals surface area (Å²) >= 11 is 0. The molecule has 25 heavy (non-hydrogen) atoms. The van der Waals surface area contributed by atoms with Crippen molar-refractivity contribution in [1.29, 1.82) is 5.26 Å². The Morgan fingerprint density at radius 1 is 1.12 bits per heavy atom. The molecule has 1 fully saturated rings. The van der Waals surface area contributed by atoms with Crippen LogP contribution in [0.1, 0.15) is 17.5 Å². The number of nitriles is 1. The van der Waals surface area contributed by atoms with Crippen LogP contribution in [-0.2, 0) is 6.42 Å². The summed E-state index contributed by atoms with van der Waals surface area (Å²) in [4.78, 5) is 9.16. The molecule has 1 saturated heterocycles. The van der Waals surface area contributed by atoms with Crippen molar-refractivity contribution in [3.8, 4) is 11.8 Å². The first-order valence-electron chi connectivity index (χ1n) is 8.75. The summed E-state index contributed by atoms with van der Waals surface area (Å²) in [5, 5.41) is 9.28. The molecule has 0 radical (unpaired) electrons. The molecule has 1 aliphatic heterocycles. The van der Waals surface area contributed by atoms with Gasteiger partial charge in [-0.3, -0.25) is 0 Å². The smallest absolute Gasteiger partial charge is 0.146 e. The number of rotatable bonds is 5. The van der Waals surface area contributed by atoms with Crippen LogP contribution in [0.5, 0.6) is 5.75 Å². The average molecular weight is 336 g/mol.